The maximum atomic E-state index is 12.5. The Morgan fingerprint density at radius 1 is 1.42 bits per heavy atom. The molecule has 1 saturated heterocycles. The SMILES string of the molecule is FC(F)(F)c1nc2ncc(CC3CCCN3)cn2n1. The van der Waals surface area contributed by atoms with E-state index >= 15 is 0 Å². The average molecular weight is 271 g/mol. The van der Waals surface area contributed by atoms with Crippen LogP contribution >= 0.6 is 0 Å². The van der Waals surface area contributed by atoms with Crippen LogP contribution < -0.4 is 5.32 Å². The van der Waals surface area contributed by atoms with Crippen LogP contribution in [0.5, 0.6) is 0 Å². The van der Waals surface area contributed by atoms with E-state index in [-0.39, 0.29) is 5.78 Å². The van der Waals surface area contributed by atoms with Gasteiger partial charge in [-0.3, -0.25) is 0 Å². The van der Waals surface area contributed by atoms with Crippen LogP contribution in [0.3, 0.4) is 0 Å². The molecule has 2 aromatic rings. The Bertz CT molecular complexity index is 586. The van der Waals surface area contributed by atoms with Gasteiger partial charge in [-0.15, -0.1) is 5.10 Å². The second-order valence-corrected chi connectivity index (χ2v) is 4.64. The third-order valence-electron chi connectivity index (χ3n) is 3.15. The van der Waals surface area contributed by atoms with E-state index in [0.717, 1.165) is 35.9 Å². The molecular formula is C11H12F3N5. The number of aromatic nitrogens is 4. The Morgan fingerprint density at radius 2 is 2.26 bits per heavy atom. The van der Waals surface area contributed by atoms with Crippen LogP contribution in [0.25, 0.3) is 5.78 Å². The van der Waals surface area contributed by atoms with Gasteiger partial charge in [0.05, 0.1) is 0 Å². The summed E-state index contributed by atoms with van der Waals surface area (Å²) in [5.41, 5.74) is 0.852. The standard InChI is InChI=1S/C11H12F3N5/c12-11(13,14)9-17-10-16-5-7(6-19(10)18-9)4-8-2-1-3-15-8/h5-6,8,15H,1-4H2. The van der Waals surface area contributed by atoms with Crippen LogP contribution in [0.2, 0.25) is 0 Å². The largest absolute Gasteiger partial charge is 0.453 e. The van der Waals surface area contributed by atoms with Crippen LogP contribution in [0.4, 0.5) is 13.2 Å². The van der Waals surface area contributed by atoms with Crippen molar-refractivity contribution >= 4 is 5.78 Å². The highest BCUT2D eigenvalue weighted by Gasteiger charge is 2.36. The van der Waals surface area contributed by atoms with Gasteiger partial charge < -0.3 is 5.32 Å². The van der Waals surface area contributed by atoms with Gasteiger partial charge in [0.15, 0.2) is 0 Å². The molecule has 0 saturated carbocycles. The molecular weight excluding hydrogens is 259 g/mol. The number of nitrogens with one attached hydrogen (secondary N) is 1. The minimum Gasteiger partial charge on any atom is -0.314 e. The zero-order valence-corrected chi connectivity index (χ0v) is 9.98. The molecule has 8 heteroatoms. The van der Waals surface area contributed by atoms with Gasteiger partial charge in [-0.25, -0.2) is 9.50 Å². The first kappa shape index (κ1) is 12.3. The normalized spacial score (nSPS) is 20.3. The van der Waals surface area contributed by atoms with Crippen LogP contribution in [0, 0.1) is 0 Å². The van der Waals surface area contributed by atoms with Gasteiger partial charge in [0, 0.05) is 18.4 Å². The summed E-state index contributed by atoms with van der Waals surface area (Å²) in [6.45, 7) is 0.988. The molecule has 3 rings (SSSR count). The number of nitrogens with zero attached hydrogens (tertiary/aromatic N) is 4. The average Bonchev–Trinajstić information content (AvgIpc) is 2.95. The molecule has 1 unspecified atom stereocenters. The molecule has 19 heavy (non-hydrogen) atoms. The molecule has 1 fully saturated rings. The lowest BCUT2D eigenvalue weighted by Gasteiger charge is -2.09. The van der Waals surface area contributed by atoms with Crippen LogP contribution in [0.15, 0.2) is 12.4 Å². The monoisotopic (exact) mass is 271 g/mol. The smallest absolute Gasteiger partial charge is 0.314 e. The van der Waals surface area contributed by atoms with Gasteiger partial charge in [0.25, 0.3) is 11.6 Å². The van der Waals surface area contributed by atoms with Gasteiger partial charge in [-0.2, -0.15) is 18.2 Å². The first-order valence-corrected chi connectivity index (χ1v) is 6.04. The van der Waals surface area contributed by atoms with Crippen molar-refractivity contribution in [1.82, 2.24) is 24.9 Å². The first-order chi connectivity index (χ1) is 9.02. The summed E-state index contributed by atoms with van der Waals surface area (Å²) in [6, 6.07) is 0.366. The van der Waals surface area contributed by atoms with Crippen molar-refractivity contribution in [1.29, 1.82) is 0 Å². The molecule has 0 aromatic carbocycles. The molecule has 0 amide bonds. The van der Waals surface area contributed by atoms with Crippen molar-refractivity contribution in [3.05, 3.63) is 23.8 Å². The van der Waals surface area contributed by atoms with Gasteiger partial charge in [0.2, 0.25) is 0 Å². The van der Waals surface area contributed by atoms with E-state index in [0.29, 0.717) is 6.04 Å². The van der Waals surface area contributed by atoms with Crippen molar-refractivity contribution in [2.75, 3.05) is 6.54 Å². The minimum absolute atomic E-state index is 0.0320. The lowest BCUT2D eigenvalue weighted by molar-refractivity contribution is -0.144. The summed E-state index contributed by atoms with van der Waals surface area (Å²) in [6.07, 6.45) is 1.52. The van der Waals surface area contributed by atoms with Crippen molar-refractivity contribution < 1.29 is 13.2 Å². The summed E-state index contributed by atoms with van der Waals surface area (Å²) in [7, 11) is 0. The van der Waals surface area contributed by atoms with Gasteiger partial charge >= 0.3 is 6.18 Å². The third-order valence-corrected chi connectivity index (χ3v) is 3.15. The fourth-order valence-electron chi connectivity index (χ4n) is 2.26. The maximum absolute atomic E-state index is 12.5. The van der Waals surface area contributed by atoms with E-state index in [9.17, 15) is 13.2 Å². The number of hydrogen-bond acceptors (Lipinski definition) is 4. The maximum Gasteiger partial charge on any atom is 0.453 e. The molecule has 0 radical (unpaired) electrons. The summed E-state index contributed by atoms with van der Waals surface area (Å²) < 4.78 is 38.5. The van der Waals surface area contributed by atoms with Crippen LogP contribution in [-0.4, -0.2) is 32.2 Å². The predicted octanol–water partition coefficient (Wildman–Crippen LogP) is 1.44. The second-order valence-electron chi connectivity index (χ2n) is 4.64. The first-order valence-electron chi connectivity index (χ1n) is 6.04. The van der Waals surface area contributed by atoms with E-state index in [1.54, 1.807) is 12.4 Å². The summed E-state index contributed by atoms with van der Waals surface area (Å²) in [5, 5.41) is 6.75. The molecule has 1 aliphatic rings. The Hall–Kier alpha value is -1.70. The number of halogens is 3. The van der Waals surface area contributed by atoms with Gasteiger partial charge in [-0.1, -0.05) is 0 Å². The molecule has 102 valence electrons. The highest BCUT2D eigenvalue weighted by atomic mass is 19.4. The molecule has 5 nitrogen and oxygen atoms in total. The lowest BCUT2D eigenvalue weighted by Crippen LogP contribution is -2.23. The van der Waals surface area contributed by atoms with E-state index in [4.69, 9.17) is 0 Å². The molecule has 1 N–H and O–H groups in total. The van der Waals surface area contributed by atoms with Crippen LogP contribution in [-0.2, 0) is 12.6 Å². The highest BCUT2D eigenvalue weighted by molar-refractivity contribution is 5.28. The highest BCUT2D eigenvalue weighted by Crippen LogP contribution is 2.26. The van der Waals surface area contributed by atoms with Crippen molar-refractivity contribution in [2.24, 2.45) is 0 Å². The molecule has 1 atom stereocenters. The third kappa shape index (κ3) is 2.53. The topological polar surface area (TPSA) is 55.1 Å². The van der Waals surface area contributed by atoms with E-state index in [2.05, 4.69) is 20.4 Å². The molecule has 1 aliphatic heterocycles. The number of alkyl halides is 3. The van der Waals surface area contributed by atoms with Crippen molar-refractivity contribution in [3.63, 3.8) is 0 Å². The fourth-order valence-corrected chi connectivity index (χ4v) is 2.26. The summed E-state index contributed by atoms with van der Waals surface area (Å²) in [5.74, 6) is -1.19. The number of rotatable bonds is 2. The Balaban J connectivity index is 1.87. The van der Waals surface area contributed by atoms with E-state index in [1.807, 2.05) is 0 Å². The Labute approximate surface area is 106 Å². The summed E-state index contributed by atoms with van der Waals surface area (Å²) in [4.78, 5) is 7.28. The number of hydrogen-bond donors (Lipinski definition) is 1. The van der Waals surface area contributed by atoms with Crippen molar-refractivity contribution in [3.8, 4) is 0 Å². The van der Waals surface area contributed by atoms with Crippen LogP contribution in [0.1, 0.15) is 24.2 Å². The van der Waals surface area contributed by atoms with Gasteiger partial charge in [-0.05, 0) is 31.4 Å². The fraction of sp³-hybridized carbons (Fsp3) is 0.545. The van der Waals surface area contributed by atoms with Gasteiger partial charge in [0.1, 0.15) is 0 Å². The van der Waals surface area contributed by atoms with Crippen molar-refractivity contribution in [2.45, 2.75) is 31.5 Å². The lowest BCUT2D eigenvalue weighted by atomic mass is 10.1. The van der Waals surface area contributed by atoms with E-state index in [1.165, 1.54) is 0 Å². The zero-order valence-electron chi connectivity index (χ0n) is 9.98. The van der Waals surface area contributed by atoms with E-state index < -0.39 is 12.0 Å². The Kier molecular flexibility index (Phi) is 2.89. The minimum atomic E-state index is -4.54. The summed E-state index contributed by atoms with van der Waals surface area (Å²) >= 11 is 0. The molecule has 2 aromatic heterocycles. The second kappa shape index (κ2) is 4.44. The quantitative estimate of drug-likeness (QED) is 0.898. The number of fused-ring (bicyclic) bond motifs is 1. The molecule has 0 aliphatic carbocycles. The molecule has 3 heterocycles. The Morgan fingerprint density at radius 3 is 2.95 bits per heavy atom. The molecule has 0 bridgehead atoms. The molecule has 0 spiro atoms. The predicted molar refractivity (Wildman–Crippen MR) is 60.5 cm³/mol. The zero-order chi connectivity index (χ0) is 13.5.